The SMILES string of the molecule is CC(NC1CC2CCC1C2)C12CC3CC(CC(c4ccc(Cl)cc4)(C3)C1)C2. The van der Waals surface area contributed by atoms with Gasteiger partial charge in [-0.3, -0.25) is 0 Å². The maximum Gasteiger partial charge on any atom is 0.0406 e. The van der Waals surface area contributed by atoms with E-state index in [2.05, 4.69) is 36.5 Å². The maximum absolute atomic E-state index is 6.21. The van der Waals surface area contributed by atoms with Crippen LogP contribution in [-0.2, 0) is 5.41 Å². The predicted octanol–water partition coefficient (Wildman–Crippen LogP) is 6.34. The van der Waals surface area contributed by atoms with Crippen molar-refractivity contribution >= 4 is 11.6 Å². The van der Waals surface area contributed by atoms with Crippen molar-refractivity contribution in [3.8, 4) is 0 Å². The molecule has 146 valence electrons. The van der Waals surface area contributed by atoms with E-state index >= 15 is 0 Å². The van der Waals surface area contributed by atoms with E-state index < -0.39 is 0 Å². The third kappa shape index (κ3) is 2.67. The van der Waals surface area contributed by atoms with Crippen LogP contribution >= 0.6 is 11.6 Å². The van der Waals surface area contributed by atoms with Crippen LogP contribution in [0.1, 0.15) is 76.7 Å². The third-order valence-electron chi connectivity index (χ3n) is 9.68. The van der Waals surface area contributed by atoms with Gasteiger partial charge >= 0.3 is 0 Å². The summed E-state index contributed by atoms with van der Waals surface area (Å²) in [6.45, 7) is 2.55. The molecule has 27 heavy (non-hydrogen) atoms. The summed E-state index contributed by atoms with van der Waals surface area (Å²) in [5.41, 5.74) is 2.54. The molecule has 6 atom stereocenters. The van der Waals surface area contributed by atoms with Crippen molar-refractivity contribution in [1.82, 2.24) is 5.32 Å². The first-order valence-electron chi connectivity index (χ1n) is 11.6. The zero-order chi connectivity index (χ0) is 18.2. The molecule has 0 saturated heterocycles. The minimum atomic E-state index is 0.430. The lowest BCUT2D eigenvalue weighted by atomic mass is 9.41. The number of halogens is 1. The van der Waals surface area contributed by atoms with Gasteiger partial charge in [-0.15, -0.1) is 0 Å². The van der Waals surface area contributed by atoms with Crippen molar-refractivity contribution in [3.05, 3.63) is 34.9 Å². The summed E-state index contributed by atoms with van der Waals surface area (Å²) in [5.74, 6) is 3.92. The van der Waals surface area contributed by atoms with Crippen LogP contribution in [0.25, 0.3) is 0 Å². The maximum atomic E-state index is 6.21. The Labute approximate surface area is 169 Å². The van der Waals surface area contributed by atoms with E-state index in [9.17, 15) is 0 Å². The van der Waals surface area contributed by atoms with Gasteiger partial charge in [-0.1, -0.05) is 30.2 Å². The normalized spacial score (nSPS) is 48.3. The molecule has 0 radical (unpaired) electrons. The number of rotatable bonds is 4. The summed E-state index contributed by atoms with van der Waals surface area (Å²) < 4.78 is 0. The highest BCUT2D eigenvalue weighted by molar-refractivity contribution is 6.30. The van der Waals surface area contributed by atoms with Gasteiger partial charge in [0.05, 0.1) is 0 Å². The van der Waals surface area contributed by atoms with Crippen LogP contribution in [0.4, 0.5) is 0 Å². The van der Waals surface area contributed by atoms with Gasteiger partial charge in [0, 0.05) is 17.1 Å². The second kappa shape index (κ2) is 5.99. The standard InChI is InChI=1S/C25H34ClN/c1-16(27-23-10-17-2-3-20(23)9-17)24-11-18-8-19(12-24)14-25(13-18,15-24)21-4-6-22(26)7-5-21/h4-7,16-20,23,27H,2-3,8-15H2,1H3. The Balaban J connectivity index is 1.28. The van der Waals surface area contributed by atoms with E-state index in [1.165, 1.54) is 64.2 Å². The largest absolute Gasteiger partial charge is 0.311 e. The molecule has 6 fully saturated rings. The summed E-state index contributed by atoms with van der Waals surface area (Å²) in [4.78, 5) is 0. The van der Waals surface area contributed by atoms with E-state index in [-0.39, 0.29) is 0 Å². The van der Waals surface area contributed by atoms with Crippen LogP contribution in [0.5, 0.6) is 0 Å². The fourth-order valence-corrected chi connectivity index (χ4v) is 9.05. The minimum Gasteiger partial charge on any atom is -0.311 e. The lowest BCUT2D eigenvalue weighted by molar-refractivity contribution is -0.0903. The van der Waals surface area contributed by atoms with E-state index in [4.69, 9.17) is 11.6 Å². The fraction of sp³-hybridized carbons (Fsp3) is 0.760. The number of nitrogens with one attached hydrogen (secondary N) is 1. The van der Waals surface area contributed by atoms with Crippen molar-refractivity contribution in [1.29, 1.82) is 0 Å². The van der Waals surface area contributed by atoms with Crippen LogP contribution in [0.15, 0.2) is 24.3 Å². The quantitative estimate of drug-likeness (QED) is 0.639. The minimum absolute atomic E-state index is 0.430. The topological polar surface area (TPSA) is 12.0 Å². The Morgan fingerprint density at radius 3 is 2.30 bits per heavy atom. The molecule has 0 amide bonds. The number of fused-ring (bicyclic) bond motifs is 2. The molecule has 2 heteroatoms. The van der Waals surface area contributed by atoms with E-state index in [0.717, 1.165) is 34.7 Å². The summed E-state index contributed by atoms with van der Waals surface area (Å²) >= 11 is 6.21. The Morgan fingerprint density at radius 2 is 1.67 bits per heavy atom. The van der Waals surface area contributed by atoms with Crippen LogP contribution in [0.3, 0.4) is 0 Å². The third-order valence-corrected chi connectivity index (χ3v) is 9.94. The molecule has 6 bridgehead atoms. The molecule has 1 N–H and O–H groups in total. The second-order valence-electron chi connectivity index (χ2n) is 11.3. The molecule has 0 heterocycles. The van der Waals surface area contributed by atoms with Gasteiger partial charge in [-0.2, -0.15) is 0 Å². The van der Waals surface area contributed by atoms with Gasteiger partial charge in [0.1, 0.15) is 0 Å². The lowest BCUT2D eigenvalue weighted by Crippen LogP contribution is -2.61. The first-order chi connectivity index (χ1) is 13.0. The lowest BCUT2D eigenvalue weighted by Gasteiger charge is -2.64. The molecule has 0 aliphatic heterocycles. The van der Waals surface area contributed by atoms with Crippen molar-refractivity contribution in [2.45, 2.75) is 88.6 Å². The van der Waals surface area contributed by atoms with Gasteiger partial charge in [0.15, 0.2) is 0 Å². The van der Waals surface area contributed by atoms with Crippen LogP contribution in [0, 0.1) is 29.1 Å². The summed E-state index contributed by atoms with van der Waals surface area (Å²) in [6.07, 6.45) is 14.7. The number of benzene rings is 1. The van der Waals surface area contributed by atoms with Crippen LogP contribution < -0.4 is 5.32 Å². The van der Waals surface area contributed by atoms with Crippen molar-refractivity contribution < 1.29 is 0 Å². The highest BCUT2D eigenvalue weighted by Gasteiger charge is 2.60. The fourth-order valence-electron chi connectivity index (χ4n) is 8.93. The summed E-state index contributed by atoms with van der Waals surface area (Å²) in [6, 6.07) is 10.4. The second-order valence-corrected chi connectivity index (χ2v) is 11.7. The molecule has 0 aromatic heterocycles. The summed E-state index contributed by atoms with van der Waals surface area (Å²) in [7, 11) is 0. The van der Waals surface area contributed by atoms with Crippen molar-refractivity contribution in [2.75, 3.05) is 0 Å². The first kappa shape index (κ1) is 17.3. The van der Waals surface area contributed by atoms with Crippen molar-refractivity contribution in [3.63, 3.8) is 0 Å². The van der Waals surface area contributed by atoms with Crippen LogP contribution in [-0.4, -0.2) is 12.1 Å². The smallest absolute Gasteiger partial charge is 0.0406 e. The van der Waals surface area contributed by atoms with Gasteiger partial charge in [-0.25, -0.2) is 0 Å². The number of hydrogen-bond donors (Lipinski definition) is 1. The molecule has 7 rings (SSSR count). The first-order valence-corrected chi connectivity index (χ1v) is 11.9. The Kier molecular flexibility index (Phi) is 3.84. The van der Waals surface area contributed by atoms with E-state index in [1.54, 1.807) is 5.56 Å². The average Bonchev–Trinajstić information content (AvgIpc) is 3.24. The van der Waals surface area contributed by atoms with Gasteiger partial charge in [0.25, 0.3) is 0 Å². The highest BCUT2D eigenvalue weighted by Crippen LogP contribution is 2.67. The van der Waals surface area contributed by atoms with Gasteiger partial charge < -0.3 is 5.32 Å². The molecule has 6 unspecified atom stereocenters. The van der Waals surface area contributed by atoms with Gasteiger partial charge in [-0.05, 0) is 117 Å². The van der Waals surface area contributed by atoms with Crippen LogP contribution in [0.2, 0.25) is 5.02 Å². The molecular weight excluding hydrogens is 350 g/mol. The molecule has 6 saturated carbocycles. The van der Waals surface area contributed by atoms with Crippen molar-refractivity contribution in [2.24, 2.45) is 29.1 Å². The molecule has 6 aliphatic rings. The molecular formula is C25H34ClN. The monoisotopic (exact) mass is 383 g/mol. The zero-order valence-electron chi connectivity index (χ0n) is 16.7. The Hall–Kier alpha value is -0.530. The predicted molar refractivity (Wildman–Crippen MR) is 112 cm³/mol. The number of hydrogen-bond acceptors (Lipinski definition) is 1. The summed E-state index contributed by atoms with van der Waals surface area (Å²) in [5, 5.41) is 5.10. The molecule has 1 aromatic rings. The highest BCUT2D eigenvalue weighted by atomic mass is 35.5. The average molecular weight is 384 g/mol. The molecule has 1 nitrogen and oxygen atoms in total. The van der Waals surface area contributed by atoms with Gasteiger partial charge in [0.2, 0.25) is 0 Å². The Morgan fingerprint density at radius 1 is 0.926 bits per heavy atom. The zero-order valence-corrected chi connectivity index (χ0v) is 17.5. The molecule has 1 aromatic carbocycles. The van der Waals surface area contributed by atoms with E-state index in [1.807, 2.05) is 0 Å². The van der Waals surface area contributed by atoms with E-state index in [0.29, 0.717) is 16.9 Å². The molecule has 6 aliphatic carbocycles. The molecule has 0 spiro atoms. The Bertz CT molecular complexity index is 710.